The number of aromatic nitrogens is 3. The van der Waals surface area contributed by atoms with Crippen molar-refractivity contribution >= 4 is 39.9 Å². The Hall–Kier alpha value is -3.99. The Kier molecular flexibility index (Phi) is 8.67. The van der Waals surface area contributed by atoms with Crippen LogP contribution in [0.4, 0.5) is 11.5 Å². The third-order valence-corrected chi connectivity index (χ3v) is 6.47. The molecule has 3 N–H and O–H groups in total. The molecule has 4 aromatic rings. The summed E-state index contributed by atoms with van der Waals surface area (Å²) in [6.45, 7) is 5.27. The third-order valence-electron chi connectivity index (χ3n) is 6.18. The van der Waals surface area contributed by atoms with E-state index in [2.05, 4.69) is 25.2 Å². The standard InChI is InChI=1S/C28H29ClN6O4/c29-23-16-19(5-8-25(23)39-18-20-4-1-2-9-31-20)32-27-22-7-6-21(17-24(22)33-28(34-27)26(30)36)38-13-3-10-35-11-14-37-15-12-35/h1-2,4-9,16-17H,3,10-15,18H2,(H2,30,36)(H,32,33,34). The number of ether oxygens (including phenoxy) is 3. The molecule has 39 heavy (non-hydrogen) atoms. The number of benzene rings is 2. The van der Waals surface area contributed by atoms with Crippen molar-refractivity contribution in [1.29, 1.82) is 0 Å². The van der Waals surface area contributed by atoms with Crippen LogP contribution >= 0.6 is 11.6 Å². The molecule has 2 aromatic carbocycles. The Morgan fingerprint density at radius 3 is 2.72 bits per heavy atom. The van der Waals surface area contributed by atoms with E-state index in [0.717, 1.165) is 45.0 Å². The summed E-state index contributed by atoms with van der Waals surface area (Å²) in [5, 5.41) is 4.34. The zero-order valence-corrected chi connectivity index (χ0v) is 22.1. The van der Waals surface area contributed by atoms with Crippen molar-refractivity contribution < 1.29 is 19.0 Å². The van der Waals surface area contributed by atoms with Crippen LogP contribution in [0.3, 0.4) is 0 Å². The van der Waals surface area contributed by atoms with Crippen LogP contribution in [0.25, 0.3) is 10.9 Å². The van der Waals surface area contributed by atoms with Crippen molar-refractivity contribution in [3.05, 3.63) is 77.3 Å². The molecule has 1 saturated heterocycles. The first-order valence-corrected chi connectivity index (χ1v) is 13.1. The summed E-state index contributed by atoms with van der Waals surface area (Å²) in [4.78, 5) is 27.3. The first-order valence-electron chi connectivity index (χ1n) is 12.7. The van der Waals surface area contributed by atoms with Crippen molar-refractivity contribution in [2.75, 3.05) is 44.8 Å². The second-order valence-electron chi connectivity index (χ2n) is 8.98. The van der Waals surface area contributed by atoms with Gasteiger partial charge in [-0.15, -0.1) is 0 Å². The number of amides is 1. The Labute approximate surface area is 231 Å². The van der Waals surface area contributed by atoms with Crippen LogP contribution in [0.1, 0.15) is 22.7 Å². The zero-order chi connectivity index (χ0) is 27.0. The average molecular weight is 549 g/mol. The molecule has 1 fully saturated rings. The normalized spacial score (nSPS) is 13.8. The fraction of sp³-hybridized carbons (Fsp3) is 0.286. The highest BCUT2D eigenvalue weighted by Crippen LogP contribution is 2.32. The number of primary amides is 1. The second kappa shape index (κ2) is 12.7. The Morgan fingerprint density at radius 1 is 1.08 bits per heavy atom. The van der Waals surface area contributed by atoms with Gasteiger partial charge in [0.25, 0.3) is 5.91 Å². The Bertz CT molecular complexity index is 1430. The van der Waals surface area contributed by atoms with Gasteiger partial charge in [-0.25, -0.2) is 9.97 Å². The molecule has 0 saturated carbocycles. The molecular formula is C28H29ClN6O4. The highest BCUT2D eigenvalue weighted by molar-refractivity contribution is 6.32. The number of halogens is 1. The summed E-state index contributed by atoms with van der Waals surface area (Å²) in [6, 6.07) is 16.4. The first kappa shape index (κ1) is 26.6. The van der Waals surface area contributed by atoms with Gasteiger partial charge in [0.1, 0.15) is 23.9 Å². The Balaban J connectivity index is 1.28. The molecule has 202 valence electrons. The summed E-state index contributed by atoms with van der Waals surface area (Å²) in [7, 11) is 0. The van der Waals surface area contributed by atoms with Crippen LogP contribution in [0.15, 0.2) is 60.8 Å². The van der Waals surface area contributed by atoms with Gasteiger partial charge in [0.15, 0.2) is 0 Å². The summed E-state index contributed by atoms with van der Waals surface area (Å²) in [6.07, 6.45) is 2.60. The largest absolute Gasteiger partial charge is 0.493 e. The van der Waals surface area contributed by atoms with Gasteiger partial charge in [-0.1, -0.05) is 17.7 Å². The monoisotopic (exact) mass is 548 g/mol. The number of nitrogens with two attached hydrogens (primary N) is 1. The minimum Gasteiger partial charge on any atom is -0.493 e. The fourth-order valence-electron chi connectivity index (χ4n) is 4.18. The van der Waals surface area contributed by atoms with E-state index in [0.29, 0.717) is 52.1 Å². The van der Waals surface area contributed by atoms with Crippen LogP contribution in [-0.4, -0.2) is 65.2 Å². The molecule has 0 atom stereocenters. The number of morpholine rings is 1. The summed E-state index contributed by atoms with van der Waals surface area (Å²) in [5.74, 6) is 0.769. The predicted octanol–water partition coefficient (Wildman–Crippen LogP) is 4.20. The molecule has 11 heteroatoms. The molecule has 0 bridgehead atoms. The number of fused-ring (bicyclic) bond motifs is 1. The van der Waals surface area contributed by atoms with Crippen molar-refractivity contribution in [3.63, 3.8) is 0 Å². The smallest absolute Gasteiger partial charge is 0.286 e. The molecule has 3 heterocycles. The first-order chi connectivity index (χ1) is 19.0. The number of hydrogen-bond acceptors (Lipinski definition) is 9. The van der Waals surface area contributed by atoms with Crippen molar-refractivity contribution in [1.82, 2.24) is 19.9 Å². The molecule has 2 aromatic heterocycles. The van der Waals surface area contributed by atoms with Crippen molar-refractivity contribution in [2.24, 2.45) is 5.73 Å². The molecule has 0 spiro atoms. The van der Waals surface area contributed by atoms with E-state index in [1.165, 1.54) is 0 Å². The minimum atomic E-state index is -0.729. The molecule has 1 amide bonds. The highest BCUT2D eigenvalue weighted by Gasteiger charge is 2.14. The summed E-state index contributed by atoms with van der Waals surface area (Å²) >= 11 is 6.47. The second-order valence-corrected chi connectivity index (χ2v) is 9.38. The van der Waals surface area contributed by atoms with E-state index in [4.69, 9.17) is 31.5 Å². The number of anilines is 2. The summed E-state index contributed by atoms with van der Waals surface area (Å²) < 4.78 is 17.2. The number of carbonyl (C=O) groups excluding carboxylic acids is 1. The lowest BCUT2D eigenvalue weighted by atomic mass is 10.2. The van der Waals surface area contributed by atoms with E-state index in [1.54, 1.807) is 24.4 Å². The lowest BCUT2D eigenvalue weighted by Crippen LogP contribution is -2.37. The fourth-order valence-corrected chi connectivity index (χ4v) is 4.41. The van der Waals surface area contributed by atoms with Gasteiger partial charge in [0, 0.05) is 43.0 Å². The predicted molar refractivity (Wildman–Crippen MR) is 149 cm³/mol. The number of rotatable bonds is 11. The van der Waals surface area contributed by atoms with Gasteiger partial charge in [-0.2, -0.15) is 0 Å². The molecule has 0 radical (unpaired) electrons. The van der Waals surface area contributed by atoms with E-state index >= 15 is 0 Å². The molecular weight excluding hydrogens is 520 g/mol. The highest BCUT2D eigenvalue weighted by atomic mass is 35.5. The van der Waals surface area contributed by atoms with Gasteiger partial charge in [-0.05, 0) is 48.9 Å². The molecule has 1 aliphatic heterocycles. The molecule has 1 aliphatic rings. The Morgan fingerprint density at radius 2 is 1.95 bits per heavy atom. The summed E-state index contributed by atoms with van der Waals surface area (Å²) in [5.41, 5.74) is 7.51. The van der Waals surface area contributed by atoms with Gasteiger partial charge < -0.3 is 25.3 Å². The van der Waals surface area contributed by atoms with Crippen molar-refractivity contribution in [2.45, 2.75) is 13.0 Å². The SMILES string of the molecule is NC(=O)c1nc(Nc2ccc(OCc3ccccn3)c(Cl)c2)c2ccc(OCCCN3CCOCC3)cc2n1. The average Bonchev–Trinajstić information content (AvgIpc) is 2.96. The van der Waals surface area contributed by atoms with Gasteiger partial charge in [-0.3, -0.25) is 14.7 Å². The van der Waals surface area contributed by atoms with Crippen LogP contribution in [0.5, 0.6) is 11.5 Å². The quantitative estimate of drug-likeness (QED) is 0.265. The van der Waals surface area contributed by atoms with E-state index in [-0.39, 0.29) is 5.82 Å². The molecule has 5 rings (SSSR count). The van der Waals surface area contributed by atoms with Crippen LogP contribution in [0, 0.1) is 0 Å². The topological polar surface area (TPSA) is 125 Å². The number of hydrogen-bond donors (Lipinski definition) is 2. The lowest BCUT2D eigenvalue weighted by Gasteiger charge is -2.26. The molecule has 0 aliphatic carbocycles. The molecule has 10 nitrogen and oxygen atoms in total. The minimum absolute atomic E-state index is 0.101. The van der Waals surface area contributed by atoms with Crippen LogP contribution in [0.2, 0.25) is 5.02 Å². The van der Waals surface area contributed by atoms with E-state index in [9.17, 15) is 4.79 Å². The third kappa shape index (κ3) is 7.11. The lowest BCUT2D eigenvalue weighted by molar-refractivity contribution is 0.0358. The zero-order valence-electron chi connectivity index (χ0n) is 21.3. The number of pyridine rings is 1. The maximum Gasteiger partial charge on any atom is 0.286 e. The molecule has 0 unspecified atom stereocenters. The number of nitrogens with one attached hydrogen (secondary N) is 1. The maximum atomic E-state index is 12.0. The van der Waals surface area contributed by atoms with Crippen molar-refractivity contribution in [3.8, 4) is 11.5 Å². The maximum absolute atomic E-state index is 12.0. The van der Waals surface area contributed by atoms with Crippen LogP contribution in [-0.2, 0) is 11.3 Å². The van der Waals surface area contributed by atoms with E-state index < -0.39 is 5.91 Å². The number of carbonyl (C=O) groups is 1. The van der Waals surface area contributed by atoms with Gasteiger partial charge >= 0.3 is 0 Å². The number of nitrogens with zero attached hydrogens (tertiary/aromatic N) is 4. The van der Waals surface area contributed by atoms with Gasteiger partial charge in [0.2, 0.25) is 5.82 Å². The van der Waals surface area contributed by atoms with Gasteiger partial charge in [0.05, 0.1) is 36.1 Å². The van der Waals surface area contributed by atoms with E-state index in [1.807, 2.05) is 36.4 Å². The van der Waals surface area contributed by atoms with Crippen LogP contribution < -0.4 is 20.5 Å².